The van der Waals surface area contributed by atoms with E-state index in [0.29, 0.717) is 6.04 Å². The molecule has 0 fully saturated rings. The number of nitrogens with zero attached hydrogens (tertiary/aromatic N) is 2. The summed E-state index contributed by atoms with van der Waals surface area (Å²) in [6.07, 6.45) is 1.72. The third kappa shape index (κ3) is 0.980. The Labute approximate surface area is 49.4 Å². The van der Waals surface area contributed by atoms with E-state index in [0.717, 1.165) is 6.67 Å². The smallest absolute Gasteiger partial charge is 0.110 e. The highest BCUT2D eigenvalue weighted by molar-refractivity contribution is 5.55. The second-order valence-electron chi connectivity index (χ2n) is 2.15. The van der Waals surface area contributed by atoms with Gasteiger partial charge in [-0.25, -0.2) is 0 Å². The van der Waals surface area contributed by atoms with E-state index < -0.39 is 0 Å². The molecule has 1 aliphatic heterocycles. The Bertz CT molecular complexity index is 89.8. The molecule has 0 aromatic carbocycles. The molecule has 0 saturated heterocycles. The molecule has 3 nitrogen and oxygen atoms in total. The molecule has 8 heavy (non-hydrogen) atoms. The molecule has 1 heterocycles. The van der Waals surface area contributed by atoms with Crippen molar-refractivity contribution in [3.8, 4) is 0 Å². The van der Waals surface area contributed by atoms with Gasteiger partial charge in [-0.1, -0.05) is 0 Å². The Morgan fingerprint density at radius 2 is 2.50 bits per heavy atom. The minimum atomic E-state index is 0.539. The van der Waals surface area contributed by atoms with Crippen molar-refractivity contribution in [2.75, 3.05) is 6.67 Å². The number of hydrogen-bond acceptors (Lipinski definition) is 3. The van der Waals surface area contributed by atoms with Gasteiger partial charge < -0.3 is 5.43 Å². The number of rotatable bonds is 1. The van der Waals surface area contributed by atoms with E-state index in [4.69, 9.17) is 0 Å². The van der Waals surface area contributed by atoms with E-state index in [9.17, 15) is 0 Å². The van der Waals surface area contributed by atoms with Crippen LogP contribution in [-0.4, -0.2) is 24.1 Å². The van der Waals surface area contributed by atoms with E-state index in [1.54, 1.807) is 6.34 Å². The monoisotopic (exact) mass is 113 g/mol. The Morgan fingerprint density at radius 1 is 1.75 bits per heavy atom. The summed E-state index contributed by atoms with van der Waals surface area (Å²) in [5.74, 6) is 0. The van der Waals surface area contributed by atoms with Gasteiger partial charge in [0.25, 0.3) is 0 Å². The summed E-state index contributed by atoms with van der Waals surface area (Å²) in [5.41, 5.74) is 3.00. The van der Waals surface area contributed by atoms with Crippen LogP contribution in [0.15, 0.2) is 4.99 Å². The predicted molar refractivity (Wildman–Crippen MR) is 33.5 cm³/mol. The maximum atomic E-state index is 3.98. The highest BCUT2D eigenvalue weighted by Crippen LogP contribution is 1.94. The molecule has 46 valence electrons. The van der Waals surface area contributed by atoms with Crippen molar-refractivity contribution in [3.05, 3.63) is 0 Å². The van der Waals surface area contributed by atoms with Gasteiger partial charge >= 0.3 is 0 Å². The lowest BCUT2D eigenvalue weighted by Crippen LogP contribution is -2.37. The second kappa shape index (κ2) is 2.13. The van der Waals surface area contributed by atoms with Crippen molar-refractivity contribution < 1.29 is 0 Å². The SMILES string of the molecule is CC(C)N1CN=CN1. The van der Waals surface area contributed by atoms with Crippen LogP contribution in [0.5, 0.6) is 0 Å². The highest BCUT2D eigenvalue weighted by atomic mass is 15.6. The van der Waals surface area contributed by atoms with Crippen molar-refractivity contribution in [3.63, 3.8) is 0 Å². The Morgan fingerprint density at radius 3 is 2.75 bits per heavy atom. The Balaban J connectivity index is 2.29. The highest BCUT2D eigenvalue weighted by Gasteiger charge is 2.08. The molecular formula is C5H11N3. The van der Waals surface area contributed by atoms with Gasteiger partial charge in [0.1, 0.15) is 6.67 Å². The lowest BCUT2D eigenvalue weighted by Gasteiger charge is -2.17. The summed E-state index contributed by atoms with van der Waals surface area (Å²) in [6.45, 7) is 5.04. The van der Waals surface area contributed by atoms with Crippen molar-refractivity contribution in [1.82, 2.24) is 10.4 Å². The van der Waals surface area contributed by atoms with Crippen molar-refractivity contribution in [2.24, 2.45) is 4.99 Å². The summed E-state index contributed by atoms with van der Waals surface area (Å²) in [6, 6.07) is 0.539. The zero-order valence-electron chi connectivity index (χ0n) is 5.26. The first kappa shape index (κ1) is 5.56. The van der Waals surface area contributed by atoms with Gasteiger partial charge in [-0.15, -0.1) is 0 Å². The molecule has 0 bridgehead atoms. The Hall–Kier alpha value is -0.570. The molecule has 3 heteroatoms. The Kier molecular flexibility index (Phi) is 1.48. The second-order valence-corrected chi connectivity index (χ2v) is 2.15. The molecular weight excluding hydrogens is 102 g/mol. The molecule has 0 atom stereocenters. The molecule has 0 saturated carbocycles. The first-order valence-corrected chi connectivity index (χ1v) is 2.82. The summed E-state index contributed by atoms with van der Waals surface area (Å²) >= 11 is 0. The zero-order chi connectivity index (χ0) is 5.98. The van der Waals surface area contributed by atoms with Gasteiger partial charge in [-0.3, -0.25) is 4.99 Å². The average Bonchev–Trinajstić information content (AvgIpc) is 2.12. The molecule has 0 aliphatic carbocycles. The van der Waals surface area contributed by atoms with Crippen LogP contribution in [-0.2, 0) is 0 Å². The van der Waals surface area contributed by atoms with Gasteiger partial charge in [-0.2, -0.15) is 5.01 Å². The quantitative estimate of drug-likeness (QED) is 0.526. The van der Waals surface area contributed by atoms with Crippen LogP contribution in [0.4, 0.5) is 0 Å². The first-order valence-electron chi connectivity index (χ1n) is 2.82. The van der Waals surface area contributed by atoms with Crippen LogP contribution in [0, 0.1) is 0 Å². The van der Waals surface area contributed by atoms with Crippen LogP contribution >= 0.6 is 0 Å². The van der Waals surface area contributed by atoms with E-state index in [-0.39, 0.29) is 0 Å². The maximum absolute atomic E-state index is 3.98. The molecule has 1 aliphatic rings. The summed E-state index contributed by atoms with van der Waals surface area (Å²) in [7, 11) is 0. The third-order valence-corrected chi connectivity index (χ3v) is 1.17. The third-order valence-electron chi connectivity index (χ3n) is 1.17. The van der Waals surface area contributed by atoms with Crippen molar-refractivity contribution >= 4 is 6.34 Å². The van der Waals surface area contributed by atoms with Gasteiger partial charge in [-0.05, 0) is 13.8 Å². The molecule has 1 N–H and O–H groups in total. The predicted octanol–water partition coefficient (Wildman–Crippen LogP) is 0.201. The van der Waals surface area contributed by atoms with E-state index in [1.807, 2.05) is 0 Å². The van der Waals surface area contributed by atoms with Gasteiger partial charge in [0.05, 0.1) is 6.34 Å². The van der Waals surface area contributed by atoms with Crippen LogP contribution in [0.1, 0.15) is 13.8 Å². The minimum absolute atomic E-state index is 0.539. The molecule has 0 aromatic heterocycles. The van der Waals surface area contributed by atoms with Gasteiger partial charge in [0.15, 0.2) is 0 Å². The van der Waals surface area contributed by atoms with Gasteiger partial charge in [0.2, 0.25) is 0 Å². The van der Waals surface area contributed by atoms with Crippen molar-refractivity contribution in [2.45, 2.75) is 19.9 Å². The number of nitrogens with one attached hydrogen (secondary N) is 1. The number of aliphatic imine (C=N–C) groups is 1. The first-order chi connectivity index (χ1) is 3.80. The molecule has 0 amide bonds. The molecule has 0 spiro atoms. The summed E-state index contributed by atoms with van der Waals surface area (Å²) in [4.78, 5) is 3.98. The van der Waals surface area contributed by atoms with Crippen LogP contribution in [0.3, 0.4) is 0 Å². The van der Waals surface area contributed by atoms with E-state index in [1.165, 1.54) is 0 Å². The summed E-state index contributed by atoms with van der Waals surface area (Å²) in [5, 5.41) is 2.06. The lowest BCUT2D eigenvalue weighted by molar-refractivity contribution is 0.213. The average molecular weight is 113 g/mol. The molecule has 0 unspecified atom stereocenters. The standard InChI is InChI=1S/C5H11N3/c1-5(2)8-4-6-3-7-8/h3,5H,4H2,1-2H3,(H,6,7). The molecule has 1 rings (SSSR count). The maximum Gasteiger partial charge on any atom is 0.110 e. The van der Waals surface area contributed by atoms with Crippen molar-refractivity contribution in [1.29, 1.82) is 0 Å². The van der Waals surface area contributed by atoms with Crippen LogP contribution in [0.25, 0.3) is 0 Å². The normalized spacial score (nSPS) is 19.9. The van der Waals surface area contributed by atoms with Crippen LogP contribution in [0.2, 0.25) is 0 Å². The zero-order valence-corrected chi connectivity index (χ0v) is 5.26. The van der Waals surface area contributed by atoms with E-state index in [2.05, 4.69) is 29.3 Å². The van der Waals surface area contributed by atoms with Gasteiger partial charge in [0, 0.05) is 6.04 Å². The summed E-state index contributed by atoms with van der Waals surface area (Å²) < 4.78 is 0. The number of hydrogen-bond donors (Lipinski definition) is 1. The largest absolute Gasteiger partial charge is 0.308 e. The fourth-order valence-electron chi connectivity index (χ4n) is 0.597. The fourth-order valence-corrected chi connectivity index (χ4v) is 0.597. The number of hydrazine groups is 1. The topological polar surface area (TPSA) is 27.6 Å². The lowest BCUT2D eigenvalue weighted by atomic mass is 10.4. The fraction of sp³-hybridized carbons (Fsp3) is 0.800. The van der Waals surface area contributed by atoms with Crippen LogP contribution < -0.4 is 5.43 Å². The van der Waals surface area contributed by atoms with E-state index >= 15 is 0 Å². The minimum Gasteiger partial charge on any atom is -0.308 e. The molecule has 0 aromatic rings. The molecule has 0 radical (unpaired) electrons.